The molecule has 0 saturated carbocycles. The number of methoxy groups -OCH3 is 1. The van der Waals surface area contributed by atoms with E-state index in [0.717, 1.165) is 0 Å². The minimum absolute atomic E-state index is 0.139. The summed E-state index contributed by atoms with van der Waals surface area (Å²) in [5, 5.41) is 4.92. The van der Waals surface area contributed by atoms with Gasteiger partial charge >= 0.3 is 18.0 Å². The molecule has 122 valence electrons. The van der Waals surface area contributed by atoms with Gasteiger partial charge in [0.05, 0.1) is 7.11 Å². The number of nitrogens with one attached hydrogen (secondary N) is 2. The largest absolute Gasteiger partial charge is 0.467 e. The first-order valence-electron chi connectivity index (χ1n) is 6.85. The third-order valence-corrected chi connectivity index (χ3v) is 2.52. The summed E-state index contributed by atoms with van der Waals surface area (Å²) in [4.78, 5) is 35.1. The fourth-order valence-electron chi connectivity index (χ4n) is 1.45. The van der Waals surface area contributed by atoms with Crippen LogP contribution in [0.15, 0.2) is 0 Å². The van der Waals surface area contributed by atoms with Gasteiger partial charge in [-0.05, 0) is 33.6 Å². The average molecular weight is 302 g/mol. The lowest BCUT2D eigenvalue weighted by atomic mass is 10.1. The van der Waals surface area contributed by atoms with Crippen molar-refractivity contribution >= 4 is 18.0 Å². The molecule has 0 saturated heterocycles. The molecule has 0 aliphatic rings. The molecule has 0 aliphatic carbocycles. The van der Waals surface area contributed by atoms with Crippen LogP contribution in [0.5, 0.6) is 0 Å². The predicted octanol–water partition coefficient (Wildman–Crippen LogP) is 1.21. The van der Waals surface area contributed by atoms with Crippen LogP contribution >= 0.6 is 0 Å². The Bertz CT molecular complexity index is 387. The normalized spacial score (nSPS) is 14.1. The molecule has 7 nitrogen and oxygen atoms in total. The molecule has 0 unspecified atom stereocenters. The zero-order chi connectivity index (χ0) is 16.8. The van der Waals surface area contributed by atoms with E-state index in [9.17, 15) is 14.4 Å². The third kappa shape index (κ3) is 7.53. The Balaban J connectivity index is 4.54. The van der Waals surface area contributed by atoms with Gasteiger partial charge in [-0.1, -0.05) is 13.8 Å². The van der Waals surface area contributed by atoms with Crippen molar-refractivity contribution in [3.63, 3.8) is 0 Å². The predicted molar refractivity (Wildman–Crippen MR) is 77.6 cm³/mol. The number of carbonyl (C=O) groups is 3. The highest BCUT2D eigenvalue weighted by Gasteiger charge is 2.27. The molecule has 0 heterocycles. The molecular weight excluding hydrogens is 276 g/mol. The Morgan fingerprint density at radius 1 is 0.952 bits per heavy atom. The van der Waals surface area contributed by atoms with E-state index in [0.29, 0.717) is 0 Å². The molecule has 0 rings (SSSR count). The van der Waals surface area contributed by atoms with E-state index in [1.54, 1.807) is 34.6 Å². The van der Waals surface area contributed by atoms with Gasteiger partial charge in [-0.3, -0.25) is 0 Å². The van der Waals surface area contributed by atoms with Gasteiger partial charge < -0.3 is 20.1 Å². The minimum Gasteiger partial charge on any atom is -0.467 e. The number of amides is 2. The summed E-state index contributed by atoms with van der Waals surface area (Å²) in [6.45, 7) is 10.3. The van der Waals surface area contributed by atoms with Gasteiger partial charge in [0.25, 0.3) is 0 Å². The van der Waals surface area contributed by atoms with Gasteiger partial charge in [0.1, 0.15) is 17.7 Å². The van der Waals surface area contributed by atoms with Gasteiger partial charge in [0.15, 0.2) is 0 Å². The Morgan fingerprint density at radius 2 is 1.48 bits per heavy atom. The zero-order valence-corrected chi connectivity index (χ0v) is 13.8. The Hall–Kier alpha value is -1.79. The number of carbonyl (C=O) groups excluding carboxylic acids is 3. The van der Waals surface area contributed by atoms with Crippen LogP contribution in [0.4, 0.5) is 4.79 Å². The fourth-order valence-corrected chi connectivity index (χ4v) is 1.45. The summed E-state index contributed by atoms with van der Waals surface area (Å²) < 4.78 is 9.77. The van der Waals surface area contributed by atoms with Gasteiger partial charge in [-0.25, -0.2) is 14.4 Å². The number of esters is 2. The lowest BCUT2D eigenvalue weighted by Gasteiger charge is -2.24. The average Bonchev–Trinajstić information content (AvgIpc) is 2.32. The van der Waals surface area contributed by atoms with Crippen molar-refractivity contribution in [2.24, 2.45) is 5.92 Å². The van der Waals surface area contributed by atoms with Crippen LogP contribution in [-0.2, 0) is 19.1 Å². The van der Waals surface area contributed by atoms with Crippen LogP contribution in [0.2, 0.25) is 0 Å². The van der Waals surface area contributed by atoms with E-state index in [1.807, 2.05) is 0 Å². The smallest absolute Gasteiger partial charge is 0.328 e. The van der Waals surface area contributed by atoms with Crippen molar-refractivity contribution in [1.29, 1.82) is 0 Å². The maximum absolute atomic E-state index is 11.8. The number of urea groups is 1. The summed E-state index contributed by atoms with van der Waals surface area (Å²) >= 11 is 0. The van der Waals surface area contributed by atoms with Gasteiger partial charge in [0.2, 0.25) is 0 Å². The van der Waals surface area contributed by atoms with E-state index >= 15 is 0 Å². The Labute approximate surface area is 125 Å². The second-order valence-electron chi connectivity index (χ2n) is 6.12. The summed E-state index contributed by atoms with van der Waals surface area (Å²) in [6, 6.07) is -2.23. The molecule has 0 aromatic rings. The third-order valence-electron chi connectivity index (χ3n) is 2.52. The SMILES string of the molecule is COC(=O)[C@@H](NC(=O)N[C@@H](C)C(=O)OC(C)(C)C)C(C)C. The van der Waals surface area contributed by atoms with E-state index in [2.05, 4.69) is 15.4 Å². The van der Waals surface area contributed by atoms with Gasteiger partial charge in [-0.2, -0.15) is 0 Å². The van der Waals surface area contributed by atoms with E-state index in [1.165, 1.54) is 14.0 Å². The molecule has 2 N–H and O–H groups in total. The quantitative estimate of drug-likeness (QED) is 0.745. The monoisotopic (exact) mass is 302 g/mol. The van der Waals surface area contributed by atoms with Crippen molar-refractivity contribution in [3.8, 4) is 0 Å². The highest BCUT2D eigenvalue weighted by Crippen LogP contribution is 2.08. The van der Waals surface area contributed by atoms with Gasteiger partial charge in [-0.15, -0.1) is 0 Å². The molecule has 0 bridgehead atoms. The van der Waals surface area contributed by atoms with Crippen molar-refractivity contribution in [3.05, 3.63) is 0 Å². The summed E-state index contributed by atoms with van der Waals surface area (Å²) in [5.41, 5.74) is -0.629. The molecule has 2 amide bonds. The van der Waals surface area contributed by atoms with Crippen molar-refractivity contribution < 1.29 is 23.9 Å². The number of ether oxygens (including phenoxy) is 2. The highest BCUT2D eigenvalue weighted by molar-refractivity contribution is 5.87. The summed E-state index contributed by atoms with van der Waals surface area (Å²) in [5.74, 6) is -1.22. The van der Waals surface area contributed by atoms with Crippen LogP contribution in [0.1, 0.15) is 41.5 Å². The molecule has 7 heteroatoms. The Kier molecular flexibility index (Phi) is 7.18. The number of rotatable bonds is 5. The Morgan fingerprint density at radius 3 is 1.86 bits per heavy atom. The minimum atomic E-state index is -0.824. The van der Waals surface area contributed by atoms with E-state index in [4.69, 9.17) is 4.74 Å². The summed E-state index contributed by atoms with van der Waals surface area (Å²) in [6.07, 6.45) is 0. The zero-order valence-electron chi connectivity index (χ0n) is 13.8. The molecule has 0 fully saturated rings. The standard InChI is InChI=1S/C14H26N2O5/c1-8(2)10(12(18)20-7)16-13(19)15-9(3)11(17)21-14(4,5)6/h8-10H,1-7H3,(H2,15,16,19)/t9-,10-/m0/s1. The van der Waals surface area contributed by atoms with Crippen molar-refractivity contribution in [2.75, 3.05) is 7.11 Å². The number of hydrogen-bond acceptors (Lipinski definition) is 5. The van der Waals surface area contributed by atoms with Crippen LogP contribution in [-0.4, -0.2) is 42.8 Å². The highest BCUT2D eigenvalue weighted by atomic mass is 16.6. The molecule has 21 heavy (non-hydrogen) atoms. The summed E-state index contributed by atoms with van der Waals surface area (Å²) in [7, 11) is 1.25. The molecule has 0 aromatic heterocycles. The van der Waals surface area contributed by atoms with Gasteiger partial charge in [0, 0.05) is 0 Å². The second kappa shape index (κ2) is 7.85. The lowest BCUT2D eigenvalue weighted by molar-refractivity contribution is -0.156. The molecule has 2 atom stereocenters. The first kappa shape index (κ1) is 19.2. The first-order valence-corrected chi connectivity index (χ1v) is 6.85. The first-order chi connectivity index (χ1) is 9.47. The number of hydrogen-bond donors (Lipinski definition) is 2. The molecular formula is C14H26N2O5. The van der Waals surface area contributed by atoms with E-state index < -0.39 is 35.7 Å². The molecule has 0 aromatic carbocycles. The molecule has 0 spiro atoms. The molecule has 0 radical (unpaired) electrons. The van der Waals surface area contributed by atoms with Crippen molar-refractivity contribution in [2.45, 2.75) is 59.2 Å². The van der Waals surface area contributed by atoms with Crippen molar-refractivity contribution in [1.82, 2.24) is 10.6 Å². The van der Waals surface area contributed by atoms with Crippen LogP contribution in [0.3, 0.4) is 0 Å². The second-order valence-corrected chi connectivity index (χ2v) is 6.12. The van der Waals surface area contributed by atoms with Crippen LogP contribution in [0, 0.1) is 5.92 Å². The molecule has 0 aliphatic heterocycles. The van der Waals surface area contributed by atoms with E-state index in [-0.39, 0.29) is 5.92 Å². The fraction of sp³-hybridized carbons (Fsp3) is 0.786. The van der Waals surface area contributed by atoms with Crippen LogP contribution < -0.4 is 10.6 Å². The lowest BCUT2D eigenvalue weighted by Crippen LogP contribution is -2.52. The maximum Gasteiger partial charge on any atom is 0.328 e. The maximum atomic E-state index is 11.8. The topological polar surface area (TPSA) is 93.7 Å². The van der Waals surface area contributed by atoms with Crippen LogP contribution in [0.25, 0.3) is 0 Å².